The topological polar surface area (TPSA) is 75.0 Å². The van der Waals surface area contributed by atoms with E-state index < -0.39 is 11.6 Å². The molecule has 0 N–H and O–H groups in total. The second-order valence-electron chi connectivity index (χ2n) is 4.99. The molecule has 0 spiro atoms. The highest BCUT2D eigenvalue weighted by Gasteiger charge is 2.22. The van der Waals surface area contributed by atoms with Crippen LogP contribution in [0.4, 0.5) is 0 Å². The van der Waals surface area contributed by atoms with Gasteiger partial charge in [0.05, 0.1) is 13.7 Å². The smallest absolute Gasteiger partial charge is 0.383 e. The first-order valence-electron chi connectivity index (χ1n) is 7.68. The molecule has 6 nitrogen and oxygen atoms in total. The van der Waals surface area contributed by atoms with Crippen molar-refractivity contribution in [3.8, 4) is 17.2 Å². The van der Waals surface area contributed by atoms with Crippen molar-refractivity contribution in [2.45, 2.75) is 26.7 Å². The standard InChI is InChI=1S/C18H20O6/c1-4-5-6-7-11-22-17-16(23-12(2)19)15-13(21-3)9-8-10-14(15)24-18(17)20/h5-6,8-10H,4,7,11H2,1-3H3/b6-5+. The monoisotopic (exact) mass is 332 g/mol. The number of allylic oxidation sites excluding steroid dienone is 1. The van der Waals surface area contributed by atoms with Crippen molar-refractivity contribution in [2.24, 2.45) is 0 Å². The molecule has 0 aliphatic heterocycles. The Bertz CT molecular complexity index is 803. The van der Waals surface area contributed by atoms with Gasteiger partial charge in [-0.15, -0.1) is 0 Å². The summed E-state index contributed by atoms with van der Waals surface area (Å²) >= 11 is 0. The van der Waals surface area contributed by atoms with E-state index in [2.05, 4.69) is 0 Å². The van der Waals surface area contributed by atoms with Crippen LogP contribution in [-0.2, 0) is 4.79 Å². The molecule has 1 aromatic carbocycles. The molecule has 0 amide bonds. The van der Waals surface area contributed by atoms with Gasteiger partial charge in [-0.1, -0.05) is 25.1 Å². The predicted octanol–water partition coefficient (Wildman–Crippen LogP) is 3.46. The SMILES string of the molecule is CC/C=C/CCOc1c(OC(C)=O)c2c(OC)cccc2oc1=O. The van der Waals surface area contributed by atoms with Crippen LogP contribution in [0.3, 0.4) is 0 Å². The third-order valence-corrected chi connectivity index (χ3v) is 3.21. The number of hydrogen-bond donors (Lipinski definition) is 0. The molecule has 24 heavy (non-hydrogen) atoms. The Labute approximate surface area is 139 Å². The Morgan fingerprint density at radius 2 is 2.04 bits per heavy atom. The second-order valence-corrected chi connectivity index (χ2v) is 4.99. The normalized spacial score (nSPS) is 11.0. The number of ether oxygens (including phenoxy) is 3. The van der Waals surface area contributed by atoms with E-state index in [1.807, 2.05) is 19.1 Å². The van der Waals surface area contributed by atoms with Crippen molar-refractivity contribution in [1.29, 1.82) is 0 Å². The van der Waals surface area contributed by atoms with E-state index in [-0.39, 0.29) is 23.7 Å². The van der Waals surface area contributed by atoms with Crippen molar-refractivity contribution in [2.75, 3.05) is 13.7 Å². The molecule has 0 aliphatic rings. The Kier molecular flexibility index (Phi) is 6.01. The van der Waals surface area contributed by atoms with Gasteiger partial charge in [-0.05, 0) is 25.0 Å². The highest BCUT2D eigenvalue weighted by atomic mass is 16.6. The molecule has 0 saturated carbocycles. The van der Waals surface area contributed by atoms with Crippen molar-refractivity contribution in [1.82, 2.24) is 0 Å². The molecule has 0 fully saturated rings. The fraction of sp³-hybridized carbons (Fsp3) is 0.333. The van der Waals surface area contributed by atoms with Crippen LogP contribution >= 0.6 is 0 Å². The molecular formula is C18H20O6. The van der Waals surface area contributed by atoms with Crippen molar-refractivity contribution in [3.63, 3.8) is 0 Å². The summed E-state index contributed by atoms with van der Waals surface area (Å²) in [5.41, 5.74) is -0.444. The summed E-state index contributed by atoms with van der Waals surface area (Å²) in [6.07, 6.45) is 5.50. The van der Waals surface area contributed by atoms with Crippen LogP contribution in [0.5, 0.6) is 17.2 Å². The lowest BCUT2D eigenvalue weighted by molar-refractivity contribution is -0.131. The molecule has 2 aromatic rings. The molecule has 0 aliphatic carbocycles. The zero-order valence-electron chi connectivity index (χ0n) is 14.0. The minimum atomic E-state index is -0.702. The van der Waals surface area contributed by atoms with Gasteiger partial charge in [0, 0.05) is 6.92 Å². The molecule has 0 saturated heterocycles. The third kappa shape index (κ3) is 3.95. The number of rotatable bonds is 7. The quantitative estimate of drug-likeness (QED) is 0.334. The first kappa shape index (κ1) is 17.6. The van der Waals surface area contributed by atoms with Gasteiger partial charge in [0.1, 0.15) is 16.7 Å². The molecule has 0 radical (unpaired) electrons. The molecule has 0 bridgehead atoms. The van der Waals surface area contributed by atoms with Gasteiger partial charge in [-0.2, -0.15) is 0 Å². The Morgan fingerprint density at radius 3 is 2.71 bits per heavy atom. The van der Waals surface area contributed by atoms with Crippen LogP contribution in [0.25, 0.3) is 11.0 Å². The maximum absolute atomic E-state index is 12.2. The average Bonchev–Trinajstić information content (AvgIpc) is 2.55. The van der Waals surface area contributed by atoms with Crippen molar-refractivity contribution in [3.05, 3.63) is 40.8 Å². The Morgan fingerprint density at radius 1 is 1.25 bits per heavy atom. The van der Waals surface area contributed by atoms with Crippen LogP contribution in [-0.4, -0.2) is 19.7 Å². The number of carbonyl (C=O) groups excluding carboxylic acids is 1. The number of methoxy groups -OCH3 is 1. The largest absolute Gasteiger partial charge is 0.496 e. The number of hydrogen-bond acceptors (Lipinski definition) is 6. The Hall–Kier alpha value is -2.76. The summed E-state index contributed by atoms with van der Waals surface area (Å²) in [6.45, 7) is 3.54. The summed E-state index contributed by atoms with van der Waals surface area (Å²) < 4.78 is 21.3. The molecule has 2 rings (SSSR count). The van der Waals surface area contributed by atoms with Crippen molar-refractivity contribution >= 4 is 16.9 Å². The maximum Gasteiger partial charge on any atom is 0.383 e. The van der Waals surface area contributed by atoms with E-state index in [4.69, 9.17) is 18.6 Å². The van der Waals surface area contributed by atoms with E-state index in [1.54, 1.807) is 18.2 Å². The van der Waals surface area contributed by atoms with Gasteiger partial charge >= 0.3 is 11.6 Å². The van der Waals surface area contributed by atoms with E-state index in [1.165, 1.54) is 14.0 Å². The number of carbonyl (C=O) groups is 1. The molecular weight excluding hydrogens is 312 g/mol. The predicted molar refractivity (Wildman–Crippen MR) is 89.9 cm³/mol. The average molecular weight is 332 g/mol. The first-order valence-corrected chi connectivity index (χ1v) is 7.68. The highest BCUT2D eigenvalue weighted by molar-refractivity contribution is 5.93. The Balaban J connectivity index is 2.51. The number of esters is 1. The number of benzene rings is 1. The molecule has 128 valence electrons. The van der Waals surface area contributed by atoms with E-state index in [0.717, 1.165) is 6.42 Å². The molecule has 0 atom stereocenters. The van der Waals surface area contributed by atoms with Crippen LogP contribution in [0.2, 0.25) is 0 Å². The van der Waals surface area contributed by atoms with Crippen LogP contribution in [0.1, 0.15) is 26.7 Å². The lowest BCUT2D eigenvalue weighted by atomic mass is 10.2. The molecule has 1 aromatic heterocycles. The van der Waals surface area contributed by atoms with Crippen LogP contribution in [0.15, 0.2) is 39.6 Å². The van der Waals surface area contributed by atoms with E-state index >= 15 is 0 Å². The fourth-order valence-electron chi connectivity index (χ4n) is 2.22. The minimum Gasteiger partial charge on any atom is -0.496 e. The maximum atomic E-state index is 12.2. The van der Waals surface area contributed by atoms with Crippen LogP contribution < -0.4 is 19.8 Å². The zero-order chi connectivity index (χ0) is 17.5. The lowest BCUT2D eigenvalue weighted by Gasteiger charge is -2.13. The van der Waals surface area contributed by atoms with Gasteiger partial charge in [-0.25, -0.2) is 4.79 Å². The van der Waals surface area contributed by atoms with Crippen LogP contribution in [0, 0.1) is 0 Å². The summed E-state index contributed by atoms with van der Waals surface area (Å²) in [7, 11) is 1.48. The summed E-state index contributed by atoms with van der Waals surface area (Å²) in [4.78, 5) is 23.7. The number of fused-ring (bicyclic) bond motifs is 1. The van der Waals surface area contributed by atoms with Gasteiger partial charge in [-0.3, -0.25) is 4.79 Å². The van der Waals surface area contributed by atoms with Gasteiger partial charge < -0.3 is 18.6 Å². The summed E-state index contributed by atoms with van der Waals surface area (Å²) in [5.74, 6) is -0.260. The second kappa shape index (κ2) is 8.19. The summed E-state index contributed by atoms with van der Waals surface area (Å²) in [6, 6.07) is 4.96. The highest BCUT2D eigenvalue weighted by Crippen LogP contribution is 2.38. The van der Waals surface area contributed by atoms with Gasteiger partial charge in [0.15, 0.2) is 5.75 Å². The van der Waals surface area contributed by atoms with Crippen molar-refractivity contribution < 1.29 is 23.4 Å². The fourth-order valence-corrected chi connectivity index (χ4v) is 2.22. The lowest BCUT2D eigenvalue weighted by Crippen LogP contribution is -2.13. The molecule has 1 heterocycles. The molecule has 0 unspecified atom stereocenters. The van der Waals surface area contributed by atoms with Gasteiger partial charge in [0.2, 0.25) is 5.75 Å². The zero-order valence-corrected chi connectivity index (χ0v) is 14.0. The first-order chi connectivity index (χ1) is 11.6. The van der Waals surface area contributed by atoms with E-state index in [0.29, 0.717) is 17.6 Å². The summed E-state index contributed by atoms with van der Waals surface area (Å²) in [5, 5.41) is 0.383. The minimum absolute atomic E-state index is 0.0191. The molecule has 6 heteroatoms. The third-order valence-electron chi connectivity index (χ3n) is 3.21. The van der Waals surface area contributed by atoms with E-state index in [9.17, 15) is 9.59 Å². The van der Waals surface area contributed by atoms with Gasteiger partial charge in [0.25, 0.3) is 0 Å².